The second-order valence-corrected chi connectivity index (χ2v) is 5.23. The summed E-state index contributed by atoms with van der Waals surface area (Å²) in [5, 5.41) is 0. The maximum atomic E-state index is 11.0. The molecule has 0 fully saturated rings. The maximum Gasteiger partial charge on any atom is 0.319 e. The van der Waals surface area contributed by atoms with Gasteiger partial charge in [0.1, 0.15) is 11.9 Å². The fourth-order valence-corrected chi connectivity index (χ4v) is 1.62. The maximum absolute atomic E-state index is 11.0. The van der Waals surface area contributed by atoms with Crippen LogP contribution in [0.4, 0.5) is 0 Å². The van der Waals surface area contributed by atoms with Crippen molar-refractivity contribution in [2.45, 2.75) is 59.7 Å². The van der Waals surface area contributed by atoms with Crippen LogP contribution >= 0.6 is 0 Å². The van der Waals surface area contributed by atoms with Crippen LogP contribution in [0.3, 0.4) is 0 Å². The van der Waals surface area contributed by atoms with E-state index in [9.17, 15) is 4.79 Å². The van der Waals surface area contributed by atoms with Crippen molar-refractivity contribution in [3.05, 3.63) is 29.8 Å². The Morgan fingerprint density at radius 2 is 1.67 bits per heavy atom. The standard InChI is InChI=1S/C14H21NO3.C3H8/c1-10(2)17-13-6-4-12(5-7-13)8-11(3)18-14(16)9-15;1-3-2/h4-7,10-11H,8-9,15H2,1-3H3;3H2,1-2H3. The van der Waals surface area contributed by atoms with Crippen molar-refractivity contribution < 1.29 is 14.3 Å². The number of ether oxygens (including phenoxy) is 2. The molecule has 21 heavy (non-hydrogen) atoms. The summed E-state index contributed by atoms with van der Waals surface area (Å²) in [5.41, 5.74) is 6.29. The van der Waals surface area contributed by atoms with Gasteiger partial charge in [0.2, 0.25) is 0 Å². The zero-order valence-corrected chi connectivity index (χ0v) is 13.9. The lowest BCUT2D eigenvalue weighted by Crippen LogP contribution is -2.23. The highest BCUT2D eigenvalue weighted by atomic mass is 16.5. The summed E-state index contributed by atoms with van der Waals surface area (Å²) in [7, 11) is 0. The van der Waals surface area contributed by atoms with E-state index in [2.05, 4.69) is 13.8 Å². The number of nitrogens with two attached hydrogens (primary N) is 1. The molecular weight excluding hydrogens is 266 g/mol. The second kappa shape index (κ2) is 11.1. The van der Waals surface area contributed by atoms with E-state index in [0.29, 0.717) is 6.42 Å². The first-order chi connectivity index (χ1) is 9.92. The Morgan fingerprint density at radius 1 is 1.14 bits per heavy atom. The van der Waals surface area contributed by atoms with Gasteiger partial charge in [0.25, 0.3) is 0 Å². The number of hydrogen-bond acceptors (Lipinski definition) is 4. The molecule has 0 amide bonds. The van der Waals surface area contributed by atoms with Crippen LogP contribution in [0.25, 0.3) is 0 Å². The van der Waals surface area contributed by atoms with Gasteiger partial charge in [-0.05, 0) is 38.5 Å². The van der Waals surface area contributed by atoms with E-state index in [1.54, 1.807) is 0 Å². The summed E-state index contributed by atoms with van der Waals surface area (Å²) in [4.78, 5) is 11.0. The molecule has 0 aliphatic heterocycles. The minimum absolute atomic E-state index is 0.0779. The van der Waals surface area contributed by atoms with Gasteiger partial charge >= 0.3 is 5.97 Å². The molecule has 2 N–H and O–H groups in total. The highest BCUT2D eigenvalue weighted by Crippen LogP contribution is 2.15. The van der Waals surface area contributed by atoms with Crippen molar-refractivity contribution in [1.82, 2.24) is 0 Å². The van der Waals surface area contributed by atoms with Gasteiger partial charge in [-0.1, -0.05) is 32.4 Å². The van der Waals surface area contributed by atoms with E-state index < -0.39 is 0 Å². The fourth-order valence-electron chi connectivity index (χ4n) is 1.62. The summed E-state index contributed by atoms with van der Waals surface area (Å²) in [6, 6.07) is 7.80. The van der Waals surface area contributed by atoms with Crippen LogP contribution in [-0.2, 0) is 16.0 Å². The van der Waals surface area contributed by atoms with Gasteiger partial charge in [0.05, 0.1) is 12.6 Å². The van der Waals surface area contributed by atoms with Crippen molar-refractivity contribution in [1.29, 1.82) is 0 Å². The third-order valence-corrected chi connectivity index (χ3v) is 2.32. The Morgan fingerprint density at radius 3 is 2.10 bits per heavy atom. The zero-order chi connectivity index (χ0) is 16.3. The molecule has 1 rings (SSSR count). The Bertz CT molecular complexity index is 388. The van der Waals surface area contributed by atoms with Crippen LogP contribution in [0.15, 0.2) is 24.3 Å². The minimum Gasteiger partial charge on any atom is -0.491 e. The molecule has 0 bridgehead atoms. The first kappa shape index (κ1) is 19.4. The molecule has 1 aromatic carbocycles. The van der Waals surface area contributed by atoms with Crippen LogP contribution in [0.5, 0.6) is 5.75 Å². The zero-order valence-electron chi connectivity index (χ0n) is 13.9. The quantitative estimate of drug-likeness (QED) is 0.818. The average molecular weight is 295 g/mol. The lowest BCUT2D eigenvalue weighted by molar-refractivity contribution is -0.146. The summed E-state index contributed by atoms with van der Waals surface area (Å²) < 4.78 is 10.7. The highest BCUT2D eigenvalue weighted by molar-refractivity contribution is 5.71. The molecule has 0 heterocycles. The predicted molar refractivity (Wildman–Crippen MR) is 86.5 cm³/mol. The van der Waals surface area contributed by atoms with E-state index in [1.807, 2.05) is 45.0 Å². The number of benzene rings is 1. The Kier molecular flexibility index (Phi) is 10.3. The normalized spacial score (nSPS) is 11.4. The Labute approximate surface area is 128 Å². The molecule has 120 valence electrons. The molecule has 4 heteroatoms. The number of esters is 1. The van der Waals surface area contributed by atoms with Gasteiger partial charge in [0.15, 0.2) is 0 Å². The molecule has 0 aliphatic carbocycles. The third kappa shape index (κ3) is 9.91. The first-order valence-corrected chi connectivity index (χ1v) is 7.58. The van der Waals surface area contributed by atoms with Crippen LogP contribution in [-0.4, -0.2) is 24.7 Å². The molecule has 1 unspecified atom stereocenters. The SMILES string of the molecule is CC(C)Oc1ccc(CC(C)OC(=O)CN)cc1.CCC. The highest BCUT2D eigenvalue weighted by Gasteiger charge is 2.08. The molecule has 0 spiro atoms. The van der Waals surface area contributed by atoms with Crippen LogP contribution < -0.4 is 10.5 Å². The summed E-state index contributed by atoms with van der Waals surface area (Å²) in [5.74, 6) is 0.475. The minimum atomic E-state index is -0.373. The average Bonchev–Trinajstić information content (AvgIpc) is 2.41. The van der Waals surface area contributed by atoms with Crippen molar-refractivity contribution in [2.24, 2.45) is 5.73 Å². The second-order valence-electron chi connectivity index (χ2n) is 5.23. The predicted octanol–water partition coefficient (Wildman–Crippen LogP) is 3.32. The van der Waals surface area contributed by atoms with E-state index in [4.69, 9.17) is 15.2 Å². The van der Waals surface area contributed by atoms with Crippen molar-refractivity contribution in [3.8, 4) is 5.75 Å². The number of carbonyl (C=O) groups is 1. The monoisotopic (exact) mass is 295 g/mol. The van der Waals surface area contributed by atoms with Gasteiger partial charge in [-0.25, -0.2) is 0 Å². The van der Waals surface area contributed by atoms with Gasteiger partial charge in [-0.2, -0.15) is 0 Å². The molecule has 0 saturated heterocycles. The summed E-state index contributed by atoms with van der Waals surface area (Å²) >= 11 is 0. The third-order valence-electron chi connectivity index (χ3n) is 2.32. The molecule has 0 aromatic heterocycles. The van der Waals surface area contributed by atoms with Crippen molar-refractivity contribution in [2.75, 3.05) is 6.54 Å². The number of rotatable bonds is 6. The van der Waals surface area contributed by atoms with Gasteiger partial charge in [0, 0.05) is 6.42 Å². The number of carbonyl (C=O) groups excluding carboxylic acids is 1. The van der Waals surface area contributed by atoms with E-state index in [0.717, 1.165) is 11.3 Å². The fraction of sp³-hybridized carbons (Fsp3) is 0.588. The Balaban J connectivity index is 0.00000122. The summed E-state index contributed by atoms with van der Waals surface area (Å²) in [6.45, 7) is 10.0. The molecule has 0 saturated carbocycles. The lowest BCUT2D eigenvalue weighted by atomic mass is 10.1. The molecule has 0 aliphatic rings. The van der Waals surface area contributed by atoms with Crippen molar-refractivity contribution >= 4 is 5.97 Å². The van der Waals surface area contributed by atoms with Crippen LogP contribution in [0.1, 0.15) is 46.6 Å². The first-order valence-electron chi connectivity index (χ1n) is 7.58. The largest absolute Gasteiger partial charge is 0.491 e. The van der Waals surface area contributed by atoms with Crippen LogP contribution in [0.2, 0.25) is 0 Å². The topological polar surface area (TPSA) is 61.5 Å². The molecule has 0 radical (unpaired) electrons. The van der Waals surface area contributed by atoms with Gasteiger partial charge in [-0.3, -0.25) is 4.79 Å². The smallest absolute Gasteiger partial charge is 0.319 e. The molecule has 1 atom stereocenters. The Hall–Kier alpha value is -1.55. The number of hydrogen-bond donors (Lipinski definition) is 1. The van der Waals surface area contributed by atoms with Crippen LogP contribution in [0, 0.1) is 0 Å². The van der Waals surface area contributed by atoms with E-state index in [-0.39, 0.29) is 24.7 Å². The van der Waals surface area contributed by atoms with E-state index in [1.165, 1.54) is 6.42 Å². The molecule has 1 aromatic rings. The van der Waals surface area contributed by atoms with Gasteiger partial charge < -0.3 is 15.2 Å². The van der Waals surface area contributed by atoms with E-state index >= 15 is 0 Å². The molecular formula is C17H29NO3. The summed E-state index contributed by atoms with van der Waals surface area (Å²) in [6.07, 6.45) is 1.92. The lowest BCUT2D eigenvalue weighted by Gasteiger charge is -2.13. The van der Waals surface area contributed by atoms with Gasteiger partial charge in [-0.15, -0.1) is 0 Å². The molecule has 4 nitrogen and oxygen atoms in total. The van der Waals surface area contributed by atoms with Crippen molar-refractivity contribution in [3.63, 3.8) is 0 Å².